The Bertz CT molecular complexity index is 932. The predicted octanol–water partition coefficient (Wildman–Crippen LogP) is 3.11. The van der Waals surface area contributed by atoms with E-state index in [1.165, 1.54) is 5.69 Å². The zero-order valence-electron chi connectivity index (χ0n) is 18.8. The Morgan fingerprint density at radius 3 is 1.71 bits per heavy atom. The molecule has 0 saturated carbocycles. The van der Waals surface area contributed by atoms with Gasteiger partial charge in [-0.3, -0.25) is 0 Å². The standard InChI is InChI=1S/C14H26NO3Si.C2F6NO4S2/c1-13(2)12-14-8-6-7-9-15(14)10-11-19(16-3,17-4)18-5;3-1(4,5)14(10,11)9-15(12,13)2(6,7)8/h6-9,13H,10-12H2,1-5H3;/q+1;-1. The first-order valence-corrected chi connectivity index (χ1v) is 14.1. The molecule has 9 nitrogen and oxygen atoms in total. The molecule has 0 radical (unpaired) electrons. The average Bonchev–Trinajstić information content (AvgIpc) is 2.68. The summed E-state index contributed by atoms with van der Waals surface area (Å²) in [6.45, 7) is 5.32. The Labute approximate surface area is 195 Å². The number of nitrogens with zero attached hydrogens (tertiary/aromatic N) is 2. The molecule has 18 heteroatoms. The Morgan fingerprint density at radius 2 is 1.35 bits per heavy atom. The van der Waals surface area contributed by atoms with Crippen LogP contribution in [0.15, 0.2) is 24.4 Å². The SMILES string of the molecule is CO[Si](CC[n+]1ccccc1CC(C)C)(OC)OC.O=S(=O)([N-]S(=O)(=O)C(F)(F)F)C(F)(F)F. The van der Waals surface area contributed by atoms with Crippen molar-refractivity contribution in [3.63, 3.8) is 0 Å². The van der Waals surface area contributed by atoms with Gasteiger partial charge in [0.05, 0.1) is 6.04 Å². The number of alkyl halides is 6. The molecule has 1 heterocycles. The van der Waals surface area contributed by atoms with E-state index in [-0.39, 0.29) is 0 Å². The number of aromatic nitrogens is 1. The molecule has 0 atom stereocenters. The van der Waals surface area contributed by atoms with Crippen LogP contribution in [0, 0.1) is 5.92 Å². The Morgan fingerprint density at radius 1 is 0.912 bits per heavy atom. The molecule has 200 valence electrons. The number of hydrogen-bond acceptors (Lipinski definition) is 7. The second-order valence-electron chi connectivity index (χ2n) is 6.94. The third kappa shape index (κ3) is 9.74. The van der Waals surface area contributed by atoms with Gasteiger partial charge in [0.25, 0.3) is 0 Å². The van der Waals surface area contributed by atoms with Crippen LogP contribution in [0.4, 0.5) is 26.3 Å². The van der Waals surface area contributed by atoms with Crippen LogP contribution in [-0.4, -0.2) is 58.0 Å². The number of halogens is 6. The van der Waals surface area contributed by atoms with Crippen LogP contribution in [0.3, 0.4) is 0 Å². The molecule has 0 aliphatic carbocycles. The van der Waals surface area contributed by atoms with Crippen molar-refractivity contribution in [3.05, 3.63) is 34.2 Å². The minimum atomic E-state index is -6.72. The first-order chi connectivity index (χ1) is 15.3. The molecule has 1 rings (SSSR count). The third-order valence-electron chi connectivity index (χ3n) is 4.03. The lowest BCUT2D eigenvalue weighted by Crippen LogP contribution is -2.48. The number of aryl methyl sites for hydroxylation is 1. The maximum Gasteiger partial charge on any atom is 0.506 e. The molecule has 1 aromatic heterocycles. The second kappa shape index (κ2) is 12.6. The van der Waals surface area contributed by atoms with E-state index in [0.29, 0.717) is 5.92 Å². The molecule has 34 heavy (non-hydrogen) atoms. The van der Waals surface area contributed by atoms with Crippen LogP contribution in [0.1, 0.15) is 19.5 Å². The fourth-order valence-corrected chi connectivity index (χ4v) is 5.70. The van der Waals surface area contributed by atoms with E-state index < -0.39 is 39.9 Å². The quantitative estimate of drug-likeness (QED) is 0.244. The smallest absolute Gasteiger partial charge is 0.421 e. The van der Waals surface area contributed by atoms with Crippen molar-refractivity contribution in [1.82, 2.24) is 0 Å². The number of pyridine rings is 1. The summed E-state index contributed by atoms with van der Waals surface area (Å²) in [6.07, 6.45) is 3.18. The van der Waals surface area contributed by atoms with Crippen molar-refractivity contribution >= 4 is 28.9 Å². The second-order valence-corrected chi connectivity index (χ2v) is 13.5. The molecular weight excluding hydrogens is 538 g/mol. The van der Waals surface area contributed by atoms with Gasteiger partial charge in [-0.1, -0.05) is 19.9 Å². The van der Waals surface area contributed by atoms with Gasteiger partial charge in [0.1, 0.15) is 0 Å². The molecule has 0 aliphatic heterocycles. The number of rotatable bonds is 10. The summed E-state index contributed by atoms with van der Waals surface area (Å²) in [4.78, 5) is 0. The maximum absolute atomic E-state index is 11.4. The van der Waals surface area contributed by atoms with Crippen LogP contribution in [0.5, 0.6) is 0 Å². The molecule has 1 aromatic rings. The minimum Gasteiger partial charge on any atom is -0.421 e. The zero-order chi connectivity index (χ0) is 27.0. The van der Waals surface area contributed by atoms with E-state index in [2.05, 4.69) is 42.8 Å². The Hall–Kier alpha value is -1.31. The molecule has 0 N–H and O–H groups in total. The normalized spacial score (nSPS) is 13.5. The molecule has 0 spiro atoms. The van der Waals surface area contributed by atoms with E-state index in [1.807, 2.05) is 0 Å². The lowest BCUT2D eigenvalue weighted by Gasteiger charge is -2.23. The van der Waals surface area contributed by atoms with Gasteiger partial charge in [0.15, 0.2) is 38.5 Å². The van der Waals surface area contributed by atoms with Crippen LogP contribution in [-0.2, 0) is 46.3 Å². The summed E-state index contributed by atoms with van der Waals surface area (Å²) in [6, 6.07) is 7.09. The van der Waals surface area contributed by atoms with E-state index in [0.717, 1.165) is 23.1 Å². The van der Waals surface area contributed by atoms with E-state index >= 15 is 0 Å². The van der Waals surface area contributed by atoms with Crippen LogP contribution >= 0.6 is 0 Å². The molecule has 0 unspecified atom stereocenters. The van der Waals surface area contributed by atoms with Gasteiger partial charge in [0.2, 0.25) is 0 Å². The zero-order valence-corrected chi connectivity index (χ0v) is 21.5. The Kier molecular flexibility index (Phi) is 12.1. The van der Waals surface area contributed by atoms with Crippen LogP contribution < -0.4 is 4.57 Å². The lowest BCUT2D eigenvalue weighted by atomic mass is 10.1. The summed E-state index contributed by atoms with van der Waals surface area (Å²) < 4.78 is 128. The van der Waals surface area contributed by atoms with Crippen molar-refractivity contribution in [2.45, 2.75) is 43.9 Å². The van der Waals surface area contributed by atoms with Gasteiger partial charge >= 0.3 is 19.8 Å². The van der Waals surface area contributed by atoms with Crippen molar-refractivity contribution in [2.75, 3.05) is 21.3 Å². The fourth-order valence-electron chi connectivity index (χ4n) is 2.36. The summed E-state index contributed by atoms with van der Waals surface area (Å²) in [5.74, 6) is 0.642. The molecular formula is C16H26F6N2O7S2Si. The summed E-state index contributed by atoms with van der Waals surface area (Å²) >= 11 is 0. The minimum absolute atomic E-state index is 0.642. The molecule has 0 bridgehead atoms. The summed E-state index contributed by atoms with van der Waals surface area (Å²) in [7, 11) is -11.0. The first-order valence-electron chi connectivity index (χ1n) is 9.27. The highest BCUT2D eigenvalue weighted by atomic mass is 32.3. The summed E-state index contributed by atoms with van der Waals surface area (Å²) in [5.41, 5.74) is -11.1. The highest BCUT2D eigenvalue weighted by Gasteiger charge is 2.47. The lowest BCUT2D eigenvalue weighted by molar-refractivity contribution is -0.701. The highest BCUT2D eigenvalue weighted by molar-refractivity contribution is 8.13. The molecule has 0 fully saturated rings. The third-order valence-corrected chi connectivity index (χ3v) is 9.47. The monoisotopic (exact) mass is 564 g/mol. The fraction of sp³-hybridized carbons (Fsp3) is 0.688. The number of hydrogen-bond donors (Lipinski definition) is 0. The van der Waals surface area contributed by atoms with Gasteiger partial charge < -0.3 is 17.4 Å². The molecule has 0 saturated heterocycles. The largest absolute Gasteiger partial charge is 0.506 e. The Balaban J connectivity index is 0.000000661. The van der Waals surface area contributed by atoms with Crippen molar-refractivity contribution in [1.29, 1.82) is 0 Å². The molecule has 0 aliphatic rings. The topological polar surface area (TPSA) is 114 Å². The first kappa shape index (κ1) is 32.7. The highest BCUT2D eigenvalue weighted by Crippen LogP contribution is 2.36. The van der Waals surface area contributed by atoms with E-state index in [4.69, 9.17) is 13.3 Å². The van der Waals surface area contributed by atoms with Gasteiger partial charge in [-0.25, -0.2) is 21.4 Å². The number of sulfonamides is 2. The van der Waals surface area contributed by atoms with E-state index in [9.17, 15) is 43.2 Å². The van der Waals surface area contributed by atoms with Crippen molar-refractivity contribution in [2.24, 2.45) is 5.92 Å². The van der Waals surface area contributed by atoms with Crippen molar-refractivity contribution in [3.8, 4) is 0 Å². The molecule has 0 amide bonds. The van der Waals surface area contributed by atoms with Gasteiger partial charge in [0, 0.05) is 39.9 Å². The van der Waals surface area contributed by atoms with Gasteiger partial charge in [-0.15, -0.1) is 0 Å². The predicted molar refractivity (Wildman–Crippen MR) is 110 cm³/mol. The van der Waals surface area contributed by atoms with Gasteiger partial charge in [-0.2, -0.15) is 26.3 Å². The van der Waals surface area contributed by atoms with E-state index in [1.54, 1.807) is 21.3 Å². The average molecular weight is 565 g/mol. The molecule has 0 aromatic carbocycles. The maximum atomic E-state index is 11.4. The van der Waals surface area contributed by atoms with Crippen molar-refractivity contribution < 1.29 is 61.0 Å². The summed E-state index contributed by atoms with van der Waals surface area (Å²) in [5, 5.41) is 0. The van der Waals surface area contributed by atoms with Crippen LogP contribution in [0.2, 0.25) is 6.04 Å². The van der Waals surface area contributed by atoms with Crippen LogP contribution in [0.25, 0.3) is 4.13 Å². The van der Waals surface area contributed by atoms with Gasteiger partial charge in [-0.05, 0) is 5.92 Å².